The number of hydrogen-bond donors (Lipinski definition) is 0. The summed E-state index contributed by atoms with van der Waals surface area (Å²) in [5.74, 6) is 2.09. The van der Waals surface area contributed by atoms with Crippen LogP contribution >= 0.6 is 11.3 Å². The summed E-state index contributed by atoms with van der Waals surface area (Å²) in [7, 11) is 1.62. The van der Waals surface area contributed by atoms with Gasteiger partial charge in [0.1, 0.15) is 6.61 Å². The van der Waals surface area contributed by atoms with Crippen molar-refractivity contribution in [3.05, 3.63) is 24.0 Å². The summed E-state index contributed by atoms with van der Waals surface area (Å²) in [4.78, 5) is 0.719. The molecule has 8 heteroatoms. The van der Waals surface area contributed by atoms with Gasteiger partial charge in [0.2, 0.25) is 4.96 Å². The third kappa shape index (κ3) is 2.99. The highest BCUT2D eigenvalue weighted by Crippen LogP contribution is 2.39. The maximum absolute atomic E-state index is 5.80. The van der Waals surface area contributed by atoms with Crippen LogP contribution in [0.4, 0.5) is 0 Å². The van der Waals surface area contributed by atoms with Crippen molar-refractivity contribution in [3.8, 4) is 22.1 Å². The third-order valence-electron chi connectivity index (χ3n) is 3.13. The zero-order valence-corrected chi connectivity index (χ0v) is 14.1. The largest absolute Gasteiger partial charge is 0.490 e. The van der Waals surface area contributed by atoms with E-state index < -0.39 is 0 Å². The third-order valence-corrected chi connectivity index (χ3v) is 4.06. The molecule has 0 aliphatic heterocycles. The fraction of sp³-hybridized carbons (Fsp3) is 0.400. The maximum Gasteiger partial charge on any atom is 0.235 e. The fourth-order valence-electron chi connectivity index (χ4n) is 2.23. The Kier molecular flexibility index (Phi) is 4.73. The van der Waals surface area contributed by atoms with Crippen LogP contribution in [0.3, 0.4) is 0 Å². The predicted octanol–water partition coefficient (Wildman–Crippen LogP) is 2.80. The first-order valence-corrected chi connectivity index (χ1v) is 8.19. The Hall–Kier alpha value is -2.19. The number of para-hydroxylation sites is 1. The monoisotopic (exact) mass is 334 g/mol. The number of methoxy groups -OCH3 is 1. The van der Waals surface area contributed by atoms with E-state index >= 15 is 0 Å². The molecule has 0 atom stereocenters. The van der Waals surface area contributed by atoms with Crippen molar-refractivity contribution in [2.75, 3.05) is 20.3 Å². The molecule has 3 aromatic rings. The average molecular weight is 334 g/mol. The lowest BCUT2D eigenvalue weighted by atomic mass is 10.2. The molecular formula is C15H18N4O3S. The van der Waals surface area contributed by atoms with Crippen LogP contribution in [0.5, 0.6) is 11.5 Å². The second-order valence-electron chi connectivity index (χ2n) is 4.65. The minimum atomic E-state index is 0.363. The Morgan fingerprint density at radius 3 is 2.70 bits per heavy atom. The molecule has 0 amide bonds. The topological polar surface area (TPSA) is 70.8 Å². The van der Waals surface area contributed by atoms with Crippen molar-refractivity contribution in [1.82, 2.24) is 19.8 Å². The van der Waals surface area contributed by atoms with E-state index in [-0.39, 0.29) is 0 Å². The van der Waals surface area contributed by atoms with Crippen LogP contribution in [0.2, 0.25) is 0 Å². The van der Waals surface area contributed by atoms with Crippen molar-refractivity contribution in [2.45, 2.75) is 20.5 Å². The van der Waals surface area contributed by atoms with Gasteiger partial charge >= 0.3 is 0 Å². The molecule has 0 aliphatic carbocycles. The highest BCUT2D eigenvalue weighted by atomic mass is 32.1. The van der Waals surface area contributed by atoms with Gasteiger partial charge in [0.25, 0.3) is 0 Å². The van der Waals surface area contributed by atoms with Gasteiger partial charge in [-0.15, -0.1) is 10.2 Å². The molecule has 3 rings (SSSR count). The quantitative estimate of drug-likeness (QED) is 0.662. The first-order chi connectivity index (χ1) is 11.3. The molecule has 2 heterocycles. The van der Waals surface area contributed by atoms with Gasteiger partial charge in [-0.3, -0.25) is 0 Å². The number of aromatic nitrogens is 4. The molecular weight excluding hydrogens is 316 g/mol. The summed E-state index contributed by atoms with van der Waals surface area (Å²) in [6, 6.07) is 5.80. The van der Waals surface area contributed by atoms with Crippen LogP contribution < -0.4 is 9.47 Å². The standard InChI is InChI=1S/C15H18N4O3S/c1-4-21-11-8-6-7-10(13(11)22-5-2)14-18-19-12(9-20-3)16-17-15(19)23-14/h6-8H,4-5,9H2,1-3H3. The van der Waals surface area contributed by atoms with Crippen LogP contribution in [0.1, 0.15) is 19.7 Å². The highest BCUT2D eigenvalue weighted by molar-refractivity contribution is 7.19. The van der Waals surface area contributed by atoms with Gasteiger partial charge < -0.3 is 14.2 Å². The molecule has 0 bridgehead atoms. The first-order valence-electron chi connectivity index (χ1n) is 7.37. The van der Waals surface area contributed by atoms with E-state index in [1.165, 1.54) is 11.3 Å². The summed E-state index contributed by atoms with van der Waals surface area (Å²) >= 11 is 1.45. The van der Waals surface area contributed by atoms with Gasteiger partial charge in [-0.1, -0.05) is 17.4 Å². The zero-order chi connectivity index (χ0) is 16.2. The molecule has 0 radical (unpaired) electrons. The lowest BCUT2D eigenvalue weighted by Crippen LogP contribution is -2.01. The van der Waals surface area contributed by atoms with Crippen molar-refractivity contribution in [2.24, 2.45) is 0 Å². The number of hydrogen-bond acceptors (Lipinski definition) is 7. The van der Waals surface area contributed by atoms with Gasteiger partial charge in [0.15, 0.2) is 22.3 Å². The molecule has 0 fully saturated rings. The van der Waals surface area contributed by atoms with E-state index in [2.05, 4.69) is 15.3 Å². The number of fused-ring (bicyclic) bond motifs is 1. The number of rotatable bonds is 7. The van der Waals surface area contributed by atoms with Crippen LogP contribution in [-0.2, 0) is 11.3 Å². The molecule has 122 valence electrons. The predicted molar refractivity (Wildman–Crippen MR) is 87.1 cm³/mol. The van der Waals surface area contributed by atoms with E-state index in [9.17, 15) is 0 Å². The van der Waals surface area contributed by atoms with Crippen molar-refractivity contribution >= 4 is 16.3 Å². The van der Waals surface area contributed by atoms with Crippen LogP contribution in [0.25, 0.3) is 15.5 Å². The van der Waals surface area contributed by atoms with E-state index in [4.69, 9.17) is 14.2 Å². The summed E-state index contributed by atoms with van der Waals surface area (Å²) < 4.78 is 18.3. The van der Waals surface area contributed by atoms with Crippen LogP contribution in [0.15, 0.2) is 18.2 Å². The molecule has 7 nitrogen and oxygen atoms in total. The van der Waals surface area contributed by atoms with Crippen molar-refractivity contribution in [1.29, 1.82) is 0 Å². The Balaban J connectivity index is 2.08. The average Bonchev–Trinajstić information content (AvgIpc) is 3.12. The Bertz CT molecular complexity index is 799. The Morgan fingerprint density at radius 2 is 1.96 bits per heavy atom. The molecule has 0 aliphatic rings. The van der Waals surface area contributed by atoms with Gasteiger partial charge in [0.05, 0.1) is 18.8 Å². The molecule has 0 saturated heterocycles. The normalized spacial score (nSPS) is 11.1. The lowest BCUT2D eigenvalue weighted by Gasteiger charge is -2.13. The molecule has 0 unspecified atom stereocenters. The second-order valence-corrected chi connectivity index (χ2v) is 5.61. The van der Waals surface area contributed by atoms with Crippen molar-refractivity contribution < 1.29 is 14.2 Å². The Morgan fingerprint density at radius 1 is 1.13 bits per heavy atom. The van der Waals surface area contributed by atoms with Gasteiger partial charge in [-0.05, 0) is 26.0 Å². The summed E-state index contributed by atoms with van der Waals surface area (Å²) in [6.07, 6.45) is 0. The van der Waals surface area contributed by atoms with Gasteiger partial charge in [-0.25, -0.2) is 0 Å². The number of ether oxygens (including phenoxy) is 3. The van der Waals surface area contributed by atoms with E-state index in [1.54, 1.807) is 11.6 Å². The summed E-state index contributed by atoms with van der Waals surface area (Å²) in [5, 5.41) is 13.6. The van der Waals surface area contributed by atoms with Gasteiger partial charge in [-0.2, -0.15) is 9.61 Å². The van der Waals surface area contributed by atoms with E-state index in [0.717, 1.165) is 21.3 Å². The van der Waals surface area contributed by atoms with Crippen LogP contribution in [-0.4, -0.2) is 40.1 Å². The zero-order valence-electron chi connectivity index (χ0n) is 13.3. The maximum atomic E-state index is 5.80. The summed E-state index contributed by atoms with van der Waals surface area (Å²) in [5.41, 5.74) is 0.886. The van der Waals surface area contributed by atoms with E-state index in [0.29, 0.717) is 31.4 Å². The molecule has 1 aromatic carbocycles. The minimum Gasteiger partial charge on any atom is -0.490 e. The second kappa shape index (κ2) is 6.93. The summed E-state index contributed by atoms with van der Waals surface area (Å²) in [6.45, 7) is 5.38. The molecule has 23 heavy (non-hydrogen) atoms. The lowest BCUT2D eigenvalue weighted by molar-refractivity contribution is 0.176. The Labute approximate surface area is 137 Å². The molecule has 0 saturated carbocycles. The smallest absolute Gasteiger partial charge is 0.235 e. The first kappa shape index (κ1) is 15.7. The molecule has 2 aromatic heterocycles. The molecule has 0 spiro atoms. The molecule has 0 N–H and O–H groups in total. The number of benzene rings is 1. The van der Waals surface area contributed by atoms with Crippen LogP contribution in [0, 0.1) is 0 Å². The van der Waals surface area contributed by atoms with Crippen molar-refractivity contribution in [3.63, 3.8) is 0 Å². The highest BCUT2D eigenvalue weighted by Gasteiger charge is 2.18. The van der Waals surface area contributed by atoms with E-state index in [1.807, 2.05) is 32.0 Å². The SMILES string of the molecule is CCOc1cccc(-c2nn3c(COC)nnc3s2)c1OCC. The number of nitrogens with zero attached hydrogens (tertiary/aromatic N) is 4. The van der Waals surface area contributed by atoms with Gasteiger partial charge in [0, 0.05) is 7.11 Å². The fourth-order valence-corrected chi connectivity index (χ4v) is 3.11. The minimum absolute atomic E-state index is 0.363.